The maximum atomic E-state index is 2.41. The summed E-state index contributed by atoms with van der Waals surface area (Å²) in [5.74, 6) is 0. The zero-order chi connectivity index (χ0) is 23.1. The second-order valence-corrected chi connectivity index (χ2v) is 12.6. The van der Waals surface area contributed by atoms with Crippen molar-refractivity contribution in [2.24, 2.45) is 0 Å². The standard InChI is InChI=1S/C20H17.C13H10.Zr/c1-13-11-14(2)20-17-10-6-5-9-16(17)12-18(20)19(13)15-7-3-4-8-15;1-3-7-12(8-4-1)11-13-9-5-2-6-10-13;/h3-7,9-12H,8H2,1-2H3;1-10H;. The van der Waals surface area contributed by atoms with Gasteiger partial charge in [-0.1, -0.05) is 0 Å². The zero-order valence-electron chi connectivity index (χ0n) is 19.7. The Balaban J connectivity index is 1.66. The Morgan fingerprint density at radius 1 is 0.735 bits per heavy atom. The van der Waals surface area contributed by atoms with Gasteiger partial charge in [0, 0.05) is 0 Å². The van der Waals surface area contributed by atoms with E-state index in [-0.39, 0.29) is 0 Å². The van der Waals surface area contributed by atoms with Gasteiger partial charge in [-0.15, -0.1) is 0 Å². The average Bonchev–Trinajstić information content (AvgIpc) is 3.51. The Hall–Kier alpha value is -2.89. The van der Waals surface area contributed by atoms with Gasteiger partial charge >= 0.3 is 215 Å². The summed E-state index contributed by atoms with van der Waals surface area (Å²) in [6.07, 6.45) is 7.90. The van der Waals surface area contributed by atoms with E-state index in [9.17, 15) is 0 Å². The van der Waals surface area contributed by atoms with Gasteiger partial charge in [-0.2, -0.15) is 0 Å². The fourth-order valence-electron chi connectivity index (χ4n) is 5.69. The minimum atomic E-state index is -1.11. The van der Waals surface area contributed by atoms with Crippen LogP contribution in [0.3, 0.4) is 0 Å². The third kappa shape index (κ3) is 3.68. The number of benzene rings is 4. The molecular weight excluding hydrogens is 488 g/mol. The Morgan fingerprint density at radius 3 is 2.00 bits per heavy atom. The molecule has 0 amide bonds. The molecule has 0 aliphatic heterocycles. The van der Waals surface area contributed by atoms with Crippen molar-refractivity contribution in [3.05, 3.63) is 148 Å². The predicted octanol–water partition coefficient (Wildman–Crippen LogP) is 8.07. The molecule has 0 N–H and O–H groups in total. The van der Waals surface area contributed by atoms with Crippen LogP contribution in [0.15, 0.2) is 109 Å². The van der Waals surface area contributed by atoms with Crippen molar-refractivity contribution in [1.82, 2.24) is 0 Å². The van der Waals surface area contributed by atoms with Crippen LogP contribution in [0, 0.1) is 13.8 Å². The summed E-state index contributed by atoms with van der Waals surface area (Å²) in [6, 6.07) is 33.8. The Morgan fingerprint density at radius 2 is 1.35 bits per heavy atom. The molecule has 1 heteroatoms. The van der Waals surface area contributed by atoms with E-state index in [0.29, 0.717) is 3.63 Å². The Labute approximate surface area is 213 Å². The molecule has 0 aromatic heterocycles. The molecule has 0 fully saturated rings. The molecule has 1 unspecified atom stereocenters. The fraction of sp³-hybridized carbons (Fsp3) is 0.121. The number of hydrogen-bond acceptors (Lipinski definition) is 0. The van der Waals surface area contributed by atoms with Crippen molar-refractivity contribution in [3.63, 3.8) is 0 Å². The van der Waals surface area contributed by atoms with Gasteiger partial charge in [-0.25, -0.2) is 0 Å². The molecular formula is C33H27Zr. The van der Waals surface area contributed by atoms with Gasteiger partial charge in [-0.05, 0) is 0 Å². The van der Waals surface area contributed by atoms with Crippen molar-refractivity contribution < 1.29 is 22.8 Å². The van der Waals surface area contributed by atoms with Crippen LogP contribution >= 0.6 is 0 Å². The molecule has 2 aliphatic rings. The summed E-state index contributed by atoms with van der Waals surface area (Å²) < 4.78 is 2.08. The van der Waals surface area contributed by atoms with Gasteiger partial charge in [0.05, 0.1) is 0 Å². The quantitative estimate of drug-likeness (QED) is 0.258. The van der Waals surface area contributed by atoms with Gasteiger partial charge in [-0.3, -0.25) is 0 Å². The van der Waals surface area contributed by atoms with E-state index >= 15 is 0 Å². The van der Waals surface area contributed by atoms with E-state index in [1.807, 2.05) is 0 Å². The van der Waals surface area contributed by atoms with Crippen LogP contribution < -0.4 is 0 Å². The number of aryl methyl sites for hydroxylation is 2. The monoisotopic (exact) mass is 513 g/mol. The second kappa shape index (κ2) is 9.05. The minimum absolute atomic E-state index is 0.500. The van der Waals surface area contributed by atoms with Gasteiger partial charge in [0.1, 0.15) is 0 Å². The van der Waals surface area contributed by atoms with Crippen LogP contribution in [0.2, 0.25) is 0 Å². The molecule has 0 saturated heterocycles. The molecule has 0 bridgehead atoms. The SMILES string of the molecule is Cc1cc(C)c2c(c1C1=CC=CC1)[CH]([Zr]=[C](c1ccccc1)c1ccccc1)c1ccccc1-2. The first-order valence-electron chi connectivity index (χ1n) is 12.1. The van der Waals surface area contributed by atoms with Gasteiger partial charge in [0.25, 0.3) is 0 Å². The van der Waals surface area contributed by atoms with E-state index < -0.39 is 22.8 Å². The molecule has 6 rings (SSSR count). The number of allylic oxidation sites excluding steroid dienone is 4. The molecule has 2 aliphatic carbocycles. The first-order valence-corrected chi connectivity index (χ1v) is 14.7. The fourth-order valence-corrected chi connectivity index (χ4v) is 10.1. The summed E-state index contributed by atoms with van der Waals surface area (Å²) in [5, 5.41) is 0. The molecule has 0 spiro atoms. The van der Waals surface area contributed by atoms with E-state index in [1.165, 1.54) is 50.1 Å². The third-order valence-corrected chi connectivity index (χ3v) is 11.4. The van der Waals surface area contributed by atoms with E-state index in [0.717, 1.165) is 6.42 Å². The van der Waals surface area contributed by atoms with Gasteiger partial charge in [0.15, 0.2) is 0 Å². The van der Waals surface area contributed by atoms with E-state index in [2.05, 4.69) is 123 Å². The molecule has 0 heterocycles. The first-order chi connectivity index (χ1) is 16.7. The summed E-state index contributed by atoms with van der Waals surface area (Å²) in [4.78, 5) is 0. The molecule has 34 heavy (non-hydrogen) atoms. The number of hydrogen-bond donors (Lipinski definition) is 0. The van der Waals surface area contributed by atoms with Crippen LogP contribution in [0.4, 0.5) is 0 Å². The Bertz CT molecular complexity index is 1430. The topological polar surface area (TPSA) is 0 Å². The second-order valence-electron chi connectivity index (χ2n) is 9.27. The zero-order valence-corrected chi connectivity index (χ0v) is 22.1. The van der Waals surface area contributed by atoms with Crippen LogP contribution in [0.5, 0.6) is 0 Å². The molecule has 4 aromatic rings. The van der Waals surface area contributed by atoms with Crippen LogP contribution in [-0.4, -0.2) is 3.21 Å². The molecule has 0 nitrogen and oxygen atoms in total. The number of rotatable bonds is 4. The summed E-state index contributed by atoms with van der Waals surface area (Å²) in [6.45, 7) is 4.62. The molecule has 163 valence electrons. The van der Waals surface area contributed by atoms with Crippen LogP contribution in [-0.2, 0) is 22.8 Å². The molecule has 4 aromatic carbocycles. The van der Waals surface area contributed by atoms with Crippen LogP contribution in [0.25, 0.3) is 16.7 Å². The summed E-state index contributed by atoms with van der Waals surface area (Å²) in [7, 11) is 0. The third-order valence-electron chi connectivity index (χ3n) is 7.10. The van der Waals surface area contributed by atoms with Gasteiger partial charge in [0.2, 0.25) is 0 Å². The molecule has 0 saturated carbocycles. The van der Waals surface area contributed by atoms with Crippen molar-refractivity contribution in [2.75, 3.05) is 0 Å². The summed E-state index contributed by atoms with van der Waals surface area (Å²) in [5.41, 5.74) is 14.7. The van der Waals surface area contributed by atoms with Gasteiger partial charge < -0.3 is 0 Å². The van der Waals surface area contributed by atoms with Crippen molar-refractivity contribution in [2.45, 2.75) is 23.9 Å². The van der Waals surface area contributed by atoms with Crippen molar-refractivity contribution in [1.29, 1.82) is 0 Å². The average molecular weight is 515 g/mol. The van der Waals surface area contributed by atoms with E-state index in [1.54, 1.807) is 8.77 Å². The van der Waals surface area contributed by atoms with Crippen molar-refractivity contribution >= 4 is 8.78 Å². The normalized spacial score (nSPS) is 15.5. The molecule has 1 atom stereocenters. The van der Waals surface area contributed by atoms with E-state index in [4.69, 9.17) is 0 Å². The Kier molecular flexibility index (Phi) is 5.76. The maximum absolute atomic E-state index is 2.41. The summed E-state index contributed by atoms with van der Waals surface area (Å²) >= 11 is -1.11. The molecule has 0 radical (unpaired) electrons. The number of fused-ring (bicyclic) bond motifs is 3. The first kappa shape index (κ1) is 21.6. The van der Waals surface area contributed by atoms with Crippen LogP contribution in [0.1, 0.15) is 49.0 Å². The predicted molar refractivity (Wildman–Crippen MR) is 141 cm³/mol. The van der Waals surface area contributed by atoms with Crippen molar-refractivity contribution in [3.8, 4) is 11.1 Å².